The lowest BCUT2D eigenvalue weighted by atomic mass is 10.6. The fourth-order valence-electron chi connectivity index (χ4n) is 0.755. The van der Waals surface area contributed by atoms with Gasteiger partial charge in [-0.1, -0.05) is 6.92 Å². The van der Waals surface area contributed by atoms with Crippen LogP contribution in [0.4, 0.5) is 0 Å². The van der Waals surface area contributed by atoms with Crippen molar-refractivity contribution in [3.63, 3.8) is 0 Å². The molecule has 0 bridgehead atoms. The molecule has 5 heteroatoms. The van der Waals surface area contributed by atoms with Crippen molar-refractivity contribution in [1.82, 2.24) is 4.72 Å². The summed E-state index contributed by atoms with van der Waals surface area (Å²) in [5, 5.41) is 0. The molecule has 0 aromatic carbocycles. The summed E-state index contributed by atoms with van der Waals surface area (Å²) in [7, 11) is -3.04. The maximum Gasteiger partial charge on any atom is 0.211 e. The molecule has 0 radical (unpaired) electrons. The SMILES string of the molecule is CCCS(=O)(=O)NCCOCC. The standard InChI is InChI=1S/C7H17NO3S/c1-3-7-12(9,10)8-5-6-11-4-2/h8H,3-7H2,1-2H3. The number of rotatable bonds is 7. The van der Waals surface area contributed by atoms with E-state index in [1.165, 1.54) is 0 Å². The number of nitrogens with one attached hydrogen (secondary N) is 1. The van der Waals surface area contributed by atoms with Gasteiger partial charge in [0.15, 0.2) is 0 Å². The van der Waals surface area contributed by atoms with Gasteiger partial charge < -0.3 is 4.74 Å². The lowest BCUT2D eigenvalue weighted by Crippen LogP contribution is -2.29. The van der Waals surface area contributed by atoms with Gasteiger partial charge in [-0.05, 0) is 13.3 Å². The molecule has 12 heavy (non-hydrogen) atoms. The number of hydrogen-bond acceptors (Lipinski definition) is 3. The minimum atomic E-state index is -3.04. The Morgan fingerprint density at radius 3 is 2.50 bits per heavy atom. The molecule has 0 saturated heterocycles. The van der Waals surface area contributed by atoms with E-state index in [0.717, 1.165) is 0 Å². The quantitative estimate of drug-likeness (QED) is 0.596. The van der Waals surface area contributed by atoms with Crippen molar-refractivity contribution >= 4 is 10.0 Å². The maximum absolute atomic E-state index is 11.0. The Balaban J connectivity index is 3.48. The predicted molar refractivity (Wildman–Crippen MR) is 48.6 cm³/mol. The minimum Gasteiger partial charge on any atom is -0.380 e. The van der Waals surface area contributed by atoms with E-state index in [1.807, 2.05) is 13.8 Å². The molecule has 1 N–H and O–H groups in total. The summed E-state index contributed by atoms with van der Waals surface area (Å²) in [4.78, 5) is 0. The van der Waals surface area contributed by atoms with Gasteiger partial charge in [0.05, 0.1) is 12.4 Å². The highest BCUT2D eigenvalue weighted by Crippen LogP contribution is 1.87. The lowest BCUT2D eigenvalue weighted by Gasteiger charge is -2.04. The van der Waals surface area contributed by atoms with E-state index in [1.54, 1.807) is 0 Å². The number of hydrogen-bond donors (Lipinski definition) is 1. The Labute approximate surface area is 74.4 Å². The molecule has 0 atom stereocenters. The van der Waals surface area contributed by atoms with Gasteiger partial charge in [-0.25, -0.2) is 13.1 Å². The van der Waals surface area contributed by atoms with E-state index >= 15 is 0 Å². The molecule has 0 heterocycles. The molecule has 0 saturated carbocycles. The fourth-order valence-corrected chi connectivity index (χ4v) is 1.83. The van der Waals surface area contributed by atoms with E-state index in [2.05, 4.69) is 4.72 Å². The van der Waals surface area contributed by atoms with Crippen LogP contribution < -0.4 is 4.72 Å². The molecule has 0 fully saturated rings. The average Bonchev–Trinajstić information content (AvgIpc) is 1.98. The topological polar surface area (TPSA) is 55.4 Å². The molecule has 0 amide bonds. The van der Waals surface area contributed by atoms with Crippen LogP contribution in [0.5, 0.6) is 0 Å². The van der Waals surface area contributed by atoms with Crippen molar-refractivity contribution in [3.8, 4) is 0 Å². The van der Waals surface area contributed by atoms with Crippen molar-refractivity contribution in [3.05, 3.63) is 0 Å². The Morgan fingerprint density at radius 1 is 1.33 bits per heavy atom. The Morgan fingerprint density at radius 2 is 2.00 bits per heavy atom. The molecule has 0 aliphatic heterocycles. The minimum absolute atomic E-state index is 0.194. The molecule has 0 aromatic heterocycles. The molecular formula is C7H17NO3S. The smallest absolute Gasteiger partial charge is 0.211 e. The van der Waals surface area contributed by atoms with Crippen LogP contribution in [0.25, 0.3) is 0 Å². The van der Waals surface area contributed by atoms with Crippen LogP contribution in [0.15, 0.2) is 0 Å². The van der Waals surface area contributed by atoms with Crippen molar-refractivity contribution in [2.75, 3.05) is 25.5 Å². The Hall–Kier alpha value is -0.130. The summed E-state index contributed by atoms with van der Waals surface area (Å²) < 4.78 is 29.5. The molecule has 0 aliphatic rings. The zero-order valence-corrected chi connectivity index (χ0v) is 8.49. The average molecular weight is 195 g/mol. The van der Waals surface area contributed by atoms with Crippen LogP contribution in [0.2, 0.25) is 0 Å². The van der Waals surface area contributed by atoms with E-state index in [-0.39, 0.29) is 5.75 Å². The first-order chi connectivity index (χ1) is 5.62. The van der Waals surface area contributed by atoms with Crippen LogP contribution in [-0.2, 0) is 14.8 Å². The first-order valence-electron chi connectivity index (χ1n) is 4.17. The van der Waals surface area contributed by atoms with E-state index in [0.29, 0.717) is 26.2 Å². The summed E-state index contributed by atoms with van der Waals surface area (Å²) in [6, 6.07) is 0. The molecular weight excluding hydrogens is 178 g/mol. The molecule has 0 aliphatic carbocycles. The highest BCUT2D eigenvalue weighted by atomic mass is 32.2. The van der Waals surface area contributed by atoms with Gasteiger partial charge in [0.2, 0.25) is 10.0 Å². The van der Waals surface area contributed by atoms with E-state index in [9.17, 15) is 8.42 Å². The third-order valence-electron chi connectivity index (χ3n) is 1.25. The Kier molecular flexibility index (Phi) is 6.32. The van der Waals surface area contributed by atoms with Crippen LogP contribution in [0.1, 0.15) is 20.3 Å². The summed E-state index contributed by atoms with van der Waals surface area (Å²) >= 11 is 0. The summed E-state index contributed by atoms with van der Waals surface area (Å²) in [6.07, 6.45) is 0.643. The highest BCUT2D eigenvalue weighted by Gasteiger charge is 2.06. The zero-order valence-electron chi connectivity index (χ0n) is 7.67. The second kappa shape index (κ2) is 6.39. The van der Waals surface area contributed by atoms with Gasteiger partial charge in [0.1, 0.15) is 0 Å². The van der Waals surface area contributed by atoms with Gasteiger partial charge >= 0.3 is 0 Å². The second-order valence-electron chi connectivity index (χ2n) is 2.41. The van der Waals surface area contributed by atoms with Crippen LogP contribution >= 0.6 is 0 Å². The van der Waals surface area contributed by atoms with Gasteiger partial charge in [-0.3, -0.25) is 0 Å². The van der Waals surface area contributed by atoms with Gasteiger partial charge in [-0.2, -0.15) is 0 Å². The monoisotopic (exact) mass is 195 g/mol. The third kappa shape index (κ3) is 6.57. The van der Waals surface area contributed by atoms with Crippen molar-refractivity contribution in [2.24, 2.45) is 0 Å². The molecule has 4 nitrogen and oxygen atoms in total. The van der Waals surface area contributed by atoms with Crippen molar-refractivity contribution < 1.29 is 13.2 Å². The summed E-state index contributed by atoms with van der Waals surface area (Å²) in [5.74, 6) is 0.194. The number of sulfonamides is 1. The zero-order chi connectivity index (χ0) is 9.45. The maximum atomic E-state index is 11.0. The fraction of sp³-hybridized carbons (Fsp3) is 1.00. The van der Waals surface area contributed by atoms with Crippen LogP contribution in [0, 0.1) is 0 Å². The summed E-state index contributed by atoms with van der Waals surface area (Å²) in [5.41, 5.74) is 0. The van der Waals surface area contributed by atoms with E-state index < -0.39 is 10.0 Å². The largest absolute Gasteiger partial charge is 0.380 e. The molecule has 0 unspecified atom stereocenters. The van der Waals surface area contributed by atoms with Crippen molar-refractivity contribution in [2.45, 2.75) is 20.3 Å². The second-order valence-corrected chi connectivity index (χ2v) is 4.34. The van der Waals surface area contributed by atoms with Crippen LogP contribution in [0.3, 0.4) is 0 Å². The predicted octanol–water partition coefficient (Wildman–Crippen LogP) is 0.352. The molecule has 0 spiro atoms. The first kappa shape index (κ1) is 11.9. The molecule has 74 valence electrons. The Bertz CT molecular complexity index is 189. The van der Waals surface area contributed by atoms with E-state index in [4.69, 9.17) is 4.74 Å². The molecule has 0 aromatic rings. The first-order valence-corrected chi connectivity index (χ1v) is 5.82. The third-order valence-corrected chi connectivity index (χ3v) is 2.84. The normalized spacial score (nSPS) is 11.8. The van der Waals surface area contributed by atoms with Crippen LogP contribution in [-0.4, -0.2) is 33.9 Å². The summed E-state index contributed by atoms with van der Waals surface area (Å²) in [6.45, 7) is 5.15. The lowest BCUT2D eigenvalue weighted by molar-refractivity contribution is 0.153. The van der Waals surface area contributed by atoms with Gasteiger partial charge in [0, 0.05) is 13.2 Å². The van der Waals surface area contributed by atoms with Crippen molar-refractivity contribution in [1.29, 1.82) is 0 Å². The highest BCUT2D eigenvalue weighted by molar-refractivity contribution is 7.89. The van der Waals surface area contributed by atoms with Gasteiger partial charge in [0.25, 0.3) is 0 Å². The molecule has 0 rings (SSSR count). The number of ether oxygens (including phenoxy) is 1. The van der Waals surface area contributed by atoms with Gasteiger partial charge in [-0.15, -0.1) is 0 Å².